The third kappa shape index (κ3) is 2.09. The van der Waals surface area contributed by atoms with Crippen LogP contribution in [0.25, 0.3) is 0 Å². The van der Waals surface area contributed by atoms with Gasteiger partial charge in [0.25, 0.3) is 0 Å². The zero-order chi connectivity index (χ0) is 9.80. The number of pyridine rings is 1. The van der Waals surface area contributed by atoms with Crippen molar-refractivity contribution in [2.75, 3.05) is 5.32 Å². The third-order valence-corrected chi connectivity index (χ3v) is 2.70. The normalized spacial score (nSPS) is 10.1. The predicted octanol–water partition coefficient (Wildman–Crippen LogP) is 2.46. The minimum Gasteiger partial charge on any atom is -0.365 e. The van der Waals surface area contributed by atoms with E-state index in [0.29, 0.717) is 0 Å². The quantitative estimate of drug-likeness (QED) is 0.836. The number of anilines is 1. The molecule has 0 saturated carbocycles. The summed E-state index contributed by atoms with van der Waals surface area (Å²) in [4.78, 5) is 9.48. The van der Waals surface area contributed by atoms with Crippen molar-refractivity contribution in [1.82, 2.24) is 9.97 Å². The van der Waals surface area contributed by atoms with E-state index in [2.05, 4.69) is 15.3 Å². The molecule has 0 bridgehead atoms. The highest BCUT2D eigenvalue weighted by Crippen LogP contribution is 2.12. The molecular formula is C10H11N3S. The second-order valence-corrected chi connectivity index (χ2v) is 3.96. The van der Waals surface area contributed by atoms with Crippen molar-refractivity contribution >= 4 is 17.2 Å². The number of hydrogen-bond acceptors (Lipinski definition) is 4. The van der Waals surface area contributed by atoms with Crippen molar-refractivity contribution in [3.8, 4) is 0 Å². The average molecular weight is 205 g/mol. The molecule has 0 aliphatic carbocycles. The minimum atomic E-state index is 0.794. The maximum atomic E-state index is 4.25. The van der Waals surface area contributed by atoms with Crippen LogP contribution in [-0.4, -0.2) is 9.97 Å². The van der Waals surface area contributed by atoms with Gasteiger partial charge in [-0.2, -0.15) is 0 Å². The molecule has 4 heteroatoms. The summed E-state index contributed by atoms with van der Waals surface area (Å²) in [6, 6.07) is 3.98. The Kier molecular flexibility index (Phi) is 2.74. The molecule has 3 nitrogen and oxygen atoms in total. The lowest BCUT2D eigenvalue weighted by atomic mass is 10.3. The van der Waals surface area contributed by atoms with Gasteiger partial charge in [-0.3, -0.25) is 4.98 Å². The summed E-state index contributed by atoms with van der Waals surface area (Å²) >= 11 is 1.65. The SMILES string of the molecule is Cc1cccnc1NCc1cncs1. The number of nitrogens with one attached hydrogen (secondary N) is 1. The smallest absolute Gasteiger partial charge is 0.129 e. The van der Waals surface area contributed by atoms with Crippen molar-refractivity contribution in [3.63, 3.8) is 0 Å². The predicted molar refractivity (Wildman–Crippen MR) is 58.4 cm³/mol. The van der Waals surface area contributed by atoms with E-state index in [0.717, 1.165) is 17.9 Å². The number of rotatable bonds is 3. The molecule has 0 aromatic carbocycles. The lowest BCUT2D eigenvalue weighted by Gasteiger charge is -2.05. The number of aromatic nitrogens is 2. The first-order valence-corrected chi connectivity index (χ1v) is 5.27. The Bertz CT molecular complexity index is 398. The molecule has 2 rings (SSSR count). The van der Waals surface area contributed by atoms with Crippen LogP contribution in [0.3, 0.4) is 0 Å². The van der Waals surface area contributed by atoms with E-state index in [9.17, 15) is 0 Å². The molecule has 72 valence electrons. The molecule has 0 spiro atoms. The molecule has 0 aliphatic heterocycles. The Labute approximate surface area is 86.8 Å². The van der Waals surface area contributed by atoms with Crippen LogP contribution >= 0.6 is 11.3 Å². The highest BCUT2D eigenvalue weighted by Gasteiger charge is 1.98. The van der Waals surface area contributed by atoms with Crippen LogP contribution in [0.4, 0.5) is 5.82 Å². The standard InChI is InChI=1S/C10H11N3S/c1-8-3-2-4-12-10(8)13-6-9-5-11-7-14-9/h2-5,7H,6H2,1H3,(H,12,13). The van der Waals surface area contributed by atoms with Crippen LogP contribution in [-0.2, 0) is 6.54 Å². The van der Waals surface area contributed by atoms with Crippen LogP contribution in [0, 0.1) is 6.92 Å². The number of nitrogens with zero attached hydrogens (tertiary/aromatic N) is 2. The van der Waals surface area contributed by atoms with Crippen molar-refractivity contribution < 1.29 is 0 Å². The molecule has 14 heavy (non-hydrogen) atoms. The summed E-state index contributed by atoms with van der Waals surface area (Å²) < 4.78 is 0. The average Bonchev–Trinajstić information content (AvgIpc) is 2.69. The van der Waals surface area contributed by atoms with E-state index >= 15 is 0 Å². The fourth-order valence-electron chi connectivity index (χ4n) is 1.17. The Morgan fingerprint density at radius 1 is 1.50 bits per heavy atom. The summed E-state index contributed by atoms with van der Waals surface area (Å²) in [6.45, 7) is 2.84. The van der Waals surface area contributed by atoms with Crippen molar-refractivity contribution in [1.29, 1.82) is 0 Å². The summed E-state index contributed by atoms with van der Waals surface area (Å²) in [6.07, 6.45) is 3.66. The topological polar surface area (TPSA) is 37.8 Å². The molecule has 2 aromatic rings. The fourth-order valence-corrected chi connectivity index (χ4v) is 1.71. The summed E-state index contributed by atoms with van der Waals surface area (Å²) in [7, 11) is 0. The van der Waals surface area contributed by atoms with Crippen LogP contribution in [0.15, 0.2) is 30.0 Å². The minimum absolute atomic E-state index is 0.794. The maximum absolute atomic E-state index is 4.25. The molecule has 0 saturated heterocycles. The molecule has 0 aliphatic rings. The van der Waals surface area contributed by atoms with Gasteiger partial charge in [-0.15, -0.1) is 11.3 Å². The second kappa shape index (κ2) is 4.19. The lowest BCUT2D eigenvalue weighted by molar-refractivity contribution is 1.11. The molecule has 0 atom stereocenters. The van der Waals surface area contributed by atoms with Gasteiger partial charge in [-0.05, 0) is 18.6 Å². The van der Waals surface area contributed by atoms with Crippen LogP contribution < -0.4 is 5.32 Å². The van der Waals surface area contributed by atoms with Crippen molar-refractivity contribution in [3.05, 3.63) is 40.5 Å². The molecule has 2 aromatic heterocycles. The van der Waals surface area contributed by atoms with Gasteiger partial charge < -0.3 is 5.32 Å². The molecule has 0 radical (unpaired) electrons. The molecule has 1 N–H and O–H groups in total. The van der Waals surface area contributed by atoms with Gasteiger partial charge in [-0.25, -0.2) is 4.98 Å². The Morgan fingerprint density at radius 3 is 3.14 bits per heavy atom. The Balaban J connectivity index is 2.02. The molecule has 2 heterocycles. The van der Waals surface area contributed by atoms with Gasteiger partial charge in [0.05, 0.1) is 12.1 Å². The third-order valence-electron chi connectivity index (χ3n) is 1.92. The summed E-state index contributed by atoms with van der Waals surface area (Å²) in [5.41, 5.74) is 3.00. The largest absolute Gasteiger partial charge is 0.365 e. The van der Waals surface area contributed by atoms with Crippen molar-refractivity contribution in [2.45, 2.75) is 13.5 Å². The van der Waals surface area contributed by atoms with Crippen LogP contribution in [0.2, 0.25) is 0 Å². The molecular weight excluding hydrogens is 194 g/mol. The number of thiazole rings is 1. The van der Waals surface area contributed by atoms with E-state index in [1.807, 2.05) is 30.8 Å². The Hall–Kier alpha value is -1.42. The molecule has 0 fully saturated rings. The first kappa shape index (κ1) is 9.15. The van der Waals surface area contributed by atoms with E-state index in [1.165, 1.54) is 4.88 Å². The highest BCUT2D eigenvalue weighted by atomic mass is 32.1. The zero-order valence-corrected chi connectivity index (χ0v) is 8.71. The van der Waals surface area contributed by atoms with Gasteiger partial charge in [0.15, 0.2) is 0 Å². The van der Waals surface area contributed by atoms with E-state index in [-0.39, 0.29) is 0 Å². The van der Waals surface area contributed by atoms with E-state index in [1.54, 1.807) is 17.5 Å². The summed E-state index contributed by atoms with van der Waals surface area (Å²) in [5.74, 6) is 0.945. The van der Waals surface area contributed by atoms with E-state index < -0.39 is 0 Å². The van der Waals surface area contributed by atoms with Gasteiger partial charge in [0.1, 0.15) is 5.82 Å². The van der Waals surface area contributed by atoms with Gasteiger partial charge in [-0.1, -0.05) is 6.07 Å². The van der Waals surface area contributed by atoms with Crippen LogP contribution in [0.1, 0.15) is 10.4 Å². The zero-order valence-electron chi connectivity index (χ0n) is 7.90. The fraction of sp³-hybridized carbons (Fsp3) is 0.200. The van der Waals surface area contributed by atoms with Gasteiger partial charge in [0, 0.05) is 17.3 Å². The molecule has 0 amide bonds. The lowest BCUT2D eigenvalue weighted by Crippen LogP contribution is -2.01. The number of aryl methyl sites for hydroxylation is 1. The highest BCUT2D eigenvalue weighted by molar-refractivity contribution is 7.09. The summed E-state index contributed by atoms with van der Waals surface area (Å²) in [5, 5.41) is 3.27. The van der Waals surface area contributed by atoms with E-state index in [4.69, 9.17) is 0 Å². The monoisotopic (exact) mass is 205 g/mol. The second-order valence-electron chi connectivity index (χ2n) is 2.99. The number of hydrogen-bond donors (Lipinski definition) is 1. The van der Waals surface area contributed by atoms with Gasteiger partial charge >= 0.3 is 0 Å². The van der Waals surface area contributed by atoms with Gasteiger partial charge in [0.2, 0.25) is 0 Å². The van der Waals surface area contributed by atoms with Crippen LogP contribution in [0.5, 0.6) is 0 Å². The molecule has 0 unspecified atom stereocenters. The Morgan fingerprint density at radius 2 is 2.43 bits per heavy atom. The first-order valence-electron chi connectivity index (χ1n) is 4.39. The van der Waals surface area contributed by atoms with Crippen molar-refractivity contribution in [2.24, 2.45) is 0 Å². The maximum Gasteiger partial charge on any atom is 0.129 e. The first-order chi connectivity index (χ1) is 6.86.